The van der Waals surface area contributed by atoms with Gasteiger partial charge in [-0.2, -0.15) is 0 Å². The summed E-state index contributed by atoms with van der Waals surface area (Å²) in [4.78, 5) is 18.1. The minimum Gasteiger partial charge on any atom is -0.323 e. The molecule has 0 atom stereocenters. The molecule has 0 aliphatic carbocycles. The molecule has 0 saturated heterocycles. The van der Waals surface area contributed by atoms with Crippen LogP contribution in [0.3, 0.4) is 0 Å². The molecule has 0 amide bonds. The van der Waals surface area contributed by atoms with Gasteiger partial charge in [-0.05, 0) is 48.7 Å². The van der Waals surface area contributed by atoms with E-state index in [0.29, 0.717) is 11.3 Å². The summed E-state index contributed by atoms with van der Waals surface area (Å²) in [6, 6.07) is 22.5. The first-order valence-electron chi connectivity index (χ1n) is 9.08. The molecule has 1 N–H and O–H groups in total. The number of fused-ring (bicyclic) bond motifs is 1. The summed E-state index contributed by atoms with van der Waals surface area (Å²) >= 11 is 7.03. The highest BCUT2D eigenvalue weighted by Gasteiger charge is 2.11. The van der Waals surface area contributed by atoms with Gasteiger partial charge in [0.25, 0.3) is 5.56 Å². The fourth-order valence-electron chi connectivity index (χ4n) is 3.24. The van der Waals surface area contributed by atoms with Crippen LogP contribution in [0.25, 0.3) is 20.7 Å². The van der Waals surface area contributed by atoms with Gasteiger partial charge < -0.3 is 4.98 Å². The molecule has 4 aromatic rings. The number of aromatic nitrogens is 2. The zero-order valence-corrected chi connectivity index (χ0v) is 16.5. The van der Waals surface area contributed by atoms with Crippen molar-refractivity contribution < 1.29 is 0 Å². The van der Waals surface area contributed by atoms with Crippen molar-refractivity contribution in [2.45, 2.75) is 25.8 Å². The van der Waals surface area contributed by atoms with Gasteiger partial charge in [0.1, 0.15) is 4.83 Å². The molecule has 3 nitrogen and oxygen atoms in total. The second-order valence-corrected chi connectivity index (χ2v) is 7.99. The topological polar surface area (TPSA) is 37.8 Å². The van der Waals surface area contributed by atoms with Crippen LogP contribution in [-0.2, 0) is 13.0 Å². The lowest BCUT2D eigenvalue weighted by molar-refractivity contribution is 0.584. The third-order valence-electron chi connectivity index (χ3n) is 4.67. The number of unbranched alkanes of at least 4 members (excludes halogenated alkanes) is 1. The maximum atomic E-state index is 12.9. The number of aryl methyl sites for hydroxylation is 1. The van der Waals surface area contributed by atoms with E-state index >= 15 is 0 Å². The van der Waals surface area contributed by atoms with Crippen LogP contribution in [0.1, 0.15) is 18.4 Å². The number of hydrogen-bond acceptors (Lipinski definition) is 3. The summed E-state index contributed by atoms with van der Waals surface area (Å²) < 4.78 is 2.21. The van der Waals surface area contributed by atoms with Crippen LogP contribution >= 0.6 is 23.6 Å². The number of nitrogens with one attached hydrogen (secondary N) is 1. The van der Waals surface area contributed by atoms with Crippen LogP contribution in [0.2, 0.25) is 0 Å². The van der Waals surface area contributed by atoms with E-state index in [-0.39, 0.29) is 5.56 Å². The lowest BCUT2D eigenvalue weighted by Crippen LogP contribution is -2.21. The lowest BCUT2D eigenvalue weighted by atomic mass is 10.1. The first-order valence-corrected chi connectivity index (χ1v) is 10.3. The van der Waals surface area contributed by atoms with Gasteiger partial charge in [0, 0.05) is 11.4 Å². The molecule has 136 valence electrons. The van der Waals surface area contributed by atoms with Crippen LogP contribution in [-0.4, -0.2) is 9.55 Å². The predicted octanol–water partition coefficient (Wildman–Crippen LogP) is 5.81. The number of rotatable bonds is 6. The number of thiophene rings is 1. The molecule has 0 bridgehead atoms. The predicted molar refractivity (Wildman–Crippen MR) is 116 cm³/mol. The fraction of sp³-hybridized carbons (Fsp3) is 0.182. The Morgan fingerprint density at radius 3 is 2.41 bits per heavy atom. The quantitative estimate of drug-likeness (QED) is 0.332. The molecule has 27 heavy (non-hydrogen) atoms. The van der Waals surface area contributed by atoms with Crippen LogP contribution < -0.4 is 5.56 Å². The van der Waals surface area contributed by atoms with E-state index in [9.17, 15) is 4.79 Å². The average molecular weight is 393 g/mol. The van der Waals surface area contributed by atoms with Crippen molar-refractivity contribution in [3.8, 4) is 10.4 Å². The van der Waals surface area contributed by atoms with Crippen molar-refractivity contribution in [1.29, 1.82) is 0 Å². The Morgan fingerprint density at radius 1 is 0.963 bits per heavy atom. The van der Waals surface area contributed by atoms with Crippen LogP contribution in [0.15, 0.2) is 71.5 Å². The van der Waals surface area contributed by atoms with Crippen LogP contribution in [0.5, 0.6) is 0 Å². The zero-order chi connectivity index (χ0) is 18.6. The smallest absolute Gasteiger partial charge is 0.263 e. The molecular weight excluding hydrogens is 372 g/mol. The first-order chi connectivity index (χ1) is 13.2. The third kappa shape index (κ3) is 3.94. The largest absolute Gasteiger partial charge is 0.323 e. The summed E-state index contributed by atoms with van der Waals surface area (Å²) in [6.07, 6.45) is 2.97. The van der Waals surface area contributed by atoms with Crippen molar-refractivity contribution in [3.05, 3.63) is 87.4 Å². The van der Waals surface area contributed by atoms with Crippen molar-refractivity contribution in [3.63, 3.8) is 0 Å². The maximum absolute atomic E-state index is 12.9. The number of hydrogen-bond donors (Lipinski definition) is 1. The molecule has 0 aliphatic rings. The van der Waals surface area contributed by atoms with Gasteiger partial charge in [0.2, 0.25) is 0 Å². The molecule has 0 unspecified atom stereocenters. The summed E-state index contributed by atoms with van der Waals surface area (Å²) in [5, 5.41) is 0.718. The van der Waals surface area contributed by atoms with E-state index in [1.54, 1.807) is 15.9 Å². The monoisotopic (exact) mass is 392 g/mol. The SMILES string of the molecule is O=c1c2cc(-c3ccccc3)sc2[nH]c(=S)n1CCCCc1ccccc1. The van der Waals surface area contributed by atoms with E-state index < -0.39 is 0 Å². The zero-order valence-electron chi connectivity index (χ0n) is 14.9. The Bertz CT molecular complexity index is 1160. The molecule has 2 heterocycles. The first kappa shape index (κ1) is 17.9. The van der Waals surface area contributed by atoms with E-state index in [0.717, 1.165) is 39.9 Å². The average Bonchev–Trinajstić information content (AvgIpc) is 3.13. The van der Waals surface area contributed by atoms with Gasteiger partial charge >= 0.3 is 0 Å². The molecular formula is C22H20N2OS2. The second kappa shape index (κ2) is 8.03. The van der Waals surface area contributed by atoms with Gasteiger partial charge in [-0.25, -0.2) is 0 Å². The Labute approximate surface area is 166 Å². The van der Waals surface area contributed by atoms with E-state index in [1.165, 1.54) is 5.56 Å². The van der Waals surface area contributed by atoms with E-state index in [2.05, 4.69) is 41.4 Å². The molecule has 0 spiro atoms. The summed E-state index contributed by atoms with van der Waals surface area (Å²) in [6.45, 7) is 0.646. The van der Waals surface area contributed by atoms with Crippen molar-refractivity contribution >= 4 is 33.8 Å². The minimum absolute atomic E-state index is 0.00638. The molecule has 4 rings (SSSR count). The number of aromatic amines is 1. The van der Waals surface area contributed by atoms with Crippen molar-refractivity contribution in [2.75, 3.05) is 0 Å². The Kier molecular flexibility index (Phi) is 5.32. The number of H-pyrrole nitrogens is 1. The minimum atomic E-state index is 0.00638. The van der Waals surface area contributed by atoms with Gasteiger partial charge in [-0.15, -0.1) is 11.3 Å². The normalized spacial score (nSPS) is 11.1. The molecule has 0 aliphatic heterocycles. The van der Waals surface area contributed by atoms with Crippen LogP contribution in [0.4, 0.5) is 0 Å². The van der Waals surface area contributed by atoms with Crippen LogP contribution in [0, 0.1) is 4.77 Å². The Morgan fingerprint density at radius 2 is 1.67 bits per heavy atom. The highest BCUT2D eigenvalue weighted by molar-refractivity contribution is 7.71. The molecule has 0 fully saturated rings. The highest BCUT2D eigenvalue weighted by Crippen LogP contribution is 2.30. The summed E-state index contributed by atoms with van der Waals surface area (Å²) in [7, 11) is 0. The molecule has 2 aromatic carbocycles. The van der Waals surface area contributed by atoms with Crippen molar-refractivity contribution in [2.24, 2.45) is 0 Å². The Balaban J connectivity index is 1.54. The Hall–Kier alpha value is -2.50. The molecule has 0 saturated carbocycles. The van der Waals surface area contributed by atoms with Gasteiger partial charge in [0.05, 0.1) is 5.39 Å². The molecule has 2 aromatic heterocycles. The highest BCUT2D eigenvalue weighted by atomic mass is 32.1. The summed E-state index contributed by atoms with van der Waals surface area (Å²) in [5.74, 6) is 0. The van der Waals surface area contributed by atoms with Gasteiger partial charge in [-0.1, -0.05) is 60.7 Å². The maximum Gasteiger partial charge on any atom is 0.263 e. The second-order valence-electron chi connectivity index (χ2n) is 6.55. The summed E-state index contributed by atoms with van der Waals surface area (Å²) in [5.41, 5.74) is 2.45. The number of nitrogens with zero attached hydrogens (tertiary/aromatic N) is 1. The van der Waals surface area contributed by atoms with E-state index in [4.69, 9.17) is 12.2 Å². The molecule has 0 radical (unpaired) electrons. The van der Waals surface area contributed by atoms with Gasteiger partial charge in [0.15, 0.2) is 4.77 Å². The third-order valence-corrected chi connectivity index (χ3v) is 6.09. The number of benzene rings is 2. The van der Waals surface area contributed by atoms with E-state index in [1.807, 2.05) is 30.3 Å². The van der Waals surface area contributed by atoms with Crippen molar-refractivity contribution in [1.82, 2.24) is 9.55 Å². The lowest BCUT2D eigenvalue weighted by Gasteiger charge is -2.06. The fourth-order valence-corrected chi connectivity index (χ4v) is 4.63. The standard InChI is InChI=1S/C22H20N2OS2/c25-21-18-15-19(17-12-5-2-6-13-17)27-20(18)23-22(26)24(21)14-8-7-11-16-9-3-1-4-10-16/h1-6,9-10,12-13,15H,7-8,11,14H2,(H,23,26). The van der Waals surface area contributed by atoms with Gasteiger partial charge in [-0.3, -0.25) is 9.36 Å². The molecule has 5 heteroatoms.